The van der Waals surface area contributed by atoms with E-state index < -0.39 is 42.9 Å². The summed E-state index contributed by atoms with van der Waals surface area (Å²) in [5.41, 5.74) is 4.57. The number of anilines is 2. The Bertz CT molecular complexity index is 3290. The van der Waals surface area contributed by atoms with E-state index in [0.717, 1.165) is 87.6 Å². The normalized spacial score (nSPS) is 20.9. The van der Waals surface area contributed by atoms with E-state index in [-0.39, 0.29) is 63.8 Å². The summed E-state index contributed by atoms with van der Waals surface area (Å²) in [6.45, 7) is 15.7. The molecule has 3 aromatic carbocycles. The molecule has 0 unspecified atom stereocenters. The Kier molecular flexibility index (Phi) is 15.0. The number of hydrogen-bond acceptors (Lipinski definition) is 15. The van der Waals surface area contributed by atoms with Crippen molar-refractivity contribution in [2.75, 3.05) is 63.2 Å². The summed E-state index contributed by atoms with van der Waals surface area (Å²) in [4.78, 5) is 44.0. The second kappa shape index (κ2) is 21.5. The molecule has 1 atom stereocenters. The number of aromatic amines is 1. The number of aryl methyl sites for hydroxylation is 1. The summed E-state index contributed by atoms with van der Waals surface area (Å²) in [5, 5.41) is 25.7. The lowest BCUT2D eigenvalue weighted by molar-refractivity contribution is -0.384. The number of hydrogen-bond donors (Lipinski definition) is 4. The molecule has 1 spiro atoms. The molecule has 2 saturated carbocycles. The smallest absolute Gasteiger partial charge is 0.312 e. The first-order chi connectivity index (χ1) is 36.8. The highest BCUT2D eigenvalue weighted by Crippen LogP contribution is 2.54. The fraction of sp³-hybridized carbons (Fsp3) is 0.456. The van der Waals surface area contributed by atoms with E-state index in [0.29, 0.717) is 44.2 Å². The molecule has 20 heteroatoms. The number of rotatable bonds is 18. The Morgan fingerprint density at radius 3 is 2.52 bits per heavy atom. The van der Waals surface area contributed by atoms with Crippen LogP contribution in [0.2, 0.25) is 0 Å². The maximum Gasteiger partial charge on any atom is 0.312 e. The third-order valence-corrected chi connectivity index (χ3v) is 17.5. The molecule has 6 aromatic rings. The number of piperazine rings is 1. The van der Waals surface area contributed by atoms with Crippen LogP contribution in [0.25, 0.3) is 11.0 Å². The minimum absolute atomic E-state index is 0.0115. The van der Waals surface area contributed by atoms with E-state index in [9.17, 15) is 32.8 Å². The van der Waals surface area contributed by atoms with Crippen molar-refractivity contribution in [3.05, 3.63) is 129 Å². The van der Waals surface area contributed by atoms with Gasteiger partial charge in [-0.25, -0.2) is 22.5 Å². The van der Waals surface area contributed by atoms with Crippen LogP contribution in [-0.2, 0) is 16.6 Å². The zero-order valence-electron chi connectivity index (χ0n) is 44.5. The van der Waals surface area contributed by atoms with Crippen molar-refractivity contribution in [1.29, 1.82) is 0 Å². The van der Waals surface area contributed by atoms with Gasteiger partial charge in [0.1, 0.15) is 27.9 Å². The van der Waals surface area contributed by atoms with Gasteiger partial charge in [0, 0.05) is 93.4 Å². The molecule has 10 rings (SSSR count). The van der Waals surface area contributed by atoms with Crippen molar-refractivity contribution >= 4 is 44.2 Å². The van der Waals surface area contributed by atoms with Crippen LogP contribution in [0.4, 0.5) is 21.6 Å². The maximum absolute atomic E-state index is 15.0. The monoisotopic (exact) mass is 1070 g/mol. The molecule has 0 radical (unpaired) electrons. The van der Waals surface area contributed by atoms with Crippen molar-refractivity contribution in [1.82, 2.24) is 29.5 Å². The fourth-order valence-electron chi connectivity index (χ4n) is 11.9. The molecule has 77 heavy (non-hydrogen) atoms. The van der Waals surface area contributed by atoms with Crippen molar-refractivity contribution in [3.8, 4) is 23.1 Å². The molecule has 408 valence electrons. The molecule has 2 saturated heterocycles. The number of carbonyl (C=O) groups is 1. The van der Waals surface area contributed by atoms with Gasteiger partial charge in [0.15, 0.2) is 5.75 Å². The van der Waals surface area contributed by atoms with E-state index in [2.05, 4.69) is 103 Å². The summed E-state index contributed by atoms with van der Waals surface area (Å²) in [7, 11) is -3.03. The average Bonchev–Trinajstić information content (AvgIpc) is 3.77. The number of H-pyrrole nitrogens is 1. The van der Waals surface area contributed by atoms with Gasteiger partial charge in [-0.15, -0.1) is 0 Å². The van der Waals surface area contributed by atoms with E-state index in [1.54, 1.807) is 33.1 Å². The summed E-state index contributed by atoms with van der Waals surface area (Å²) in [5.74, 6) is -0.440. The number of aliphatic hydroxyl groups is 1. The minimum atomic E-state index is -4.75. The number of fused-ring (bicyclic) bond motifs is 1. The SMILES string of the molecule is CCOc1nc2[nH]cc(F)c2cc1Oc1cc(N2CC3(CC(N4CCN(Cc5ccc(C)c(OC)c5)C[C@H]4c4ccccc4C(C)C)C3)C2)ccc1C(=O)NS(=O)(=O)c1cnc(NCC2CCC(C)(O)CC2)c([N+](=O)[O-])c1. The molecule has 0 bridgehead atoms. The van der Waals surface area contributed by atoms with Crippen molar-refractivity contribution in [3.63, 3.8) is 0 Å². The van der Waals surface area contributed by atoms with Crippen LogP contribution in [0.3, 0.4) is 0 Å². The van der Waals surface area contributed by atoms with Gasteiger partial charge in [-0.2, -0.15) is 4.98 Å². The number of methoxy groups -OCH3 is 1. The number of aromatic nitrogens is 3. The molecule has 18 nitrogen and oxygen atoms in total. The van der Waals surface area contributed by atoms with Crippen molar-refractivity contribution in [2.24, 2.45) is 11.3 Å². The lowest BCUT2D eigenvalue weighted by atomic mass is 9.59. The van der Waals surface area contributed by atoms with E-state index in [1.807, 2.05) is 0 Å². The average molecular weight is 1070 g/mol. The van der Waals surface area contributed by atoms with Gasteiger partial charge in [-0.05, 0) is 112 Å². The first kappa shape index (κ1) is 53.5. The number of sulfonamides is 1. The van der Waals surface area contributed by atoms with Crippen LogP contribution >= 0.6 is 0 Å². The first-order valence-corrected chi connectivity index (χ1v) is 28.1. The molecular weight excluding hydrogens is 1010 g/mol. The highest BCUT2D eigenvalue weighted by Gasteiger charge is 2.55. The van der Waals surface area contributed by atoms with Gasteiger partial charge in [0.05, 0.1) is 41.4 Å². The number of ether oxygens (including phenoxy) is 3. The number of nitrogens with zero attached hydrogens (tertiary/aromatic N) is 6. The molecule has 2 aliphatic heterocycles. The Labute approximate surface area is 448 Å². The zero-order valence-corrected chi connectivity index (χ0v) is 45.3. The third kappa shape index (κ3) is 11.3. The number of carbonyl (C=O) groups excluding carboxylic acids is 1. The van der Waals surface area contributed by atoms with Crippen LogP contribution in [0, 0.1) is 34.2 Å². The van der Waals surface area contributed by atoms with Gasteiger partial charge >= 0.3 is 5.69 Å². The Hall–Kier alpha value is -6.87. The van der Waals surface area contributed by atoms with Crippen LogP contribution in [0.5, 0.6) is 23.1 Å². The number of benzene rings is 3. The van der Waals surface area contributed by atoms with Crippen LogP contribution in [0.15, 0.2) is 90.1 Å². The quantitative estimate of drug-likeness (QED) is 0.0465. The number of amides is 1. The molecule has 4 N–H and O–H groups in total. The highest BCUT2D eigenvalue weighted by atomic mass is 32.2. The number of pyridine rings is 2. The number of nitrogens with one attached hydrogen (secondary N) is 3. The second-order valence-electron chi connectivity index (χ2n) is 22.1. The Balaban J connectivity index is 0.874. The highest BCUT2D eigenvalue weighted by molar-refractivity contribution is 7.90. The standard InChI is InChI=1S/C57H68FN9O9S/c1-7-75-55-51(25-45-46(58)30-61-52(45)62-55)76-50-23-39(14-15-44(50)54(68)63-77(72,73)41-24-47(67(70)71)53(60-29-41)59-28-37-16-18-56(5,69)19-17-37)65-33-57(34-65)26-40(27-57)66-21-20-64(31-38-13-12-36(4)49(22-38)74-6)32-48(66)43-11-9-8-10-42(43)35(2)3/h8-15,22-25,29-30,35,37,40,48,69H,7,16-21,26-28,31-34H2,1-6H3,(H,59,60)(H,61,62)(H,63,68)/t37?,48-,56?/m0/s1. The maximum atomic E-state index is 15.0. The predicted octanol–water partition coefficient (Wildman–Crippen LogP) is 9.64. The molecule has 1 amide bonds. The van der Waals surface area contributed by atoms with Gasteiger partial charge in [-0.3, -0.25) is 24.7 Å². The molecule has 2 aliphatic carbocycles. The van der Waals surface area contributed by atoms with E-state index in [1.165, 1.54) is 28.8 Å². The van der Waals surface area contributed by atoms with Gasteiger partial charge in [0.25, 0.3) is 21.8 Å². The lowest BCUT2D eigenvalue weighted by Gasteiger charge is -2.63. The molecule has 4 fully saturated rings. The number of halogens is 1. The number of nitro groups is 1. The fourth-order valence-corrected chi connectivity index (χ4v) is 12.8. The summed E-state index contributed by atoms with van der Waals surface area (Å²) in [6.07, 6.45) is 6.74. The van der Waals surface area contributed by atoms with Crippen molar-refractivity contribution < 1.29 is 41.8 Å². The van der Waals surface area contributed by atoms with Crippen LogP contribution in [0.1, 0.15) is 111 Å². The zero-order chi connectivity index (χ0) is 54.4. The Morgan fingerprint density at radius 2 is 1.79 bits per heavy atom. The summed E-state index contributed by atoms with van der Waals surface area (Å²) >= 11 is 0. The predicted molar refractivity (Wildman–Crippen MR) is 291 cm³/mol. The Morgan fingerprint density at radius 1 is 1.03 bits per heavy atom. The molecular formula is C57H68FN9O9S. The van der Waals surface area contributed by atoms with E-state index in [4.69, 9.17) is 14.2 Å². The lowest BCUT2D eigenvalue weighted by Crippen LogP contribution is -2.68. The largest absolute Gasteiger partial charge is 0.496 e. The molecule has 4 aliphatic rings. The third-order valence-electron chi connectivity index (χ3n) is 16.2. The van der Waals surface area contributed by atoms with Crippen molar-refractivity contribution in [2.45, 2.75) is 108 Å². The van der Waals surface area contributed by atoms with Crippen LogP contribution < -0.4 is 29.1 Å². The second-order valence-corrected chi connectivity index (χ2v) is 23.8. The van der Waals surface area contributed by atoms with Gasteiger partial charge in [-0.1, -0.05) is 50.2 Å². The van der Waals surface area contributed by atoms with Gasteiger partial charge < -0.3 is 34.5 Å². The first-order valence-electron chi connectivity index (χ1n) is 26.6. The summed E-state index contributed by atoms with van der Waals surface area (Å²) < 4.78 is 62.8. The summed E-state index contributed by atoms with van der Waals surface area (Å²) in [6, 6.07) is 23.0. The van der Waals surface area contributed by atoms with E-state index >= 15 is 0 Å². The topological polar surface area (TPSA) is 218 Å². The van der Waals surface area contributed by atoms with Crippen LogP contribution in [-0.4, -0.2) is 114 Å². The van der Waals surface area contributed by atoms with Gasteiger partial charge in [0.2, 0.25) is 5.82 Å². The molecule has 5 heterocycles. The minimum Gasteiger partial charge on any atom is -0.496 e. The molecule has 3 aromatic heterocycles.